The van der Waals surface area contributed by atoms with Gasteiger partial charge >= 0.3 is 0 Å². The molecule has 1 atom stereocenters. The molecule has 0 saturated carbocycles. The Kier molecular flexibility index (Phi) is 8.30. The molecule has 1 aliphatic heterocycles. The molecule has 1 aliphatic rings. The molecule has 1 aromatic carbocycles. The van der Waals surface area contributed by atoms with Gasteiger partial charge in [-0.25, -0.2) is 0 Å². The maximum atomic E-state index is 13.9. The van der Waals surface area contributed by atoms with Gasteiger partial charge in [0, 0.05) is 30.3 Å². The molecule has 1 aromatic heterocycles. The Morgan fingerprint density at radius 3 is 2.40 bits per heavy atom. The minimum absolute atomic E-state index is 0.0384. The topological polar surface area (TPSA) is 113 Å². The van der Waals surface area contributed by atoms with Crippen LogP contribution in [0.25, 0.3) is 0 Å². The first-order valence-corrected chi connectivity index (χ1v) is 11.8. The monoisotopic (exact) mass is 483 g/mol. The van der Waals surface area contributed by atoms with E-state index in [0.717, 1.165) is 31.7 Å². The number of aromatic nitrogens is 1. The number of nitrogens with zero attached hydrogens (tertiary/aromatic N) is 2. The molecule has 9 heteroatoms. The Labute approximate surface area is 206 Å². The first-order valence-electron chi connectivity index (χ1n) is 11.8. The summed E-state index contributed by atoms with van der Waals surface area (Å²) in [7, 11) is 4.54. The zero-order valence-corrected chi connectivity index (χ0v) is 21.4. The zero-order valence-electron chi connectivity index (χ0n) is 21.4. The van der Waals surface area contributed by atoms with Crippen LogP contribution >= 0.6 is 0 Å². The van der Waals surface area contributed by atoms with Gasteiger partial charge in [-0.1, -0.05) is 6.07 Å². The number of benzene rings is 1. The van der Waals surface area contributed by atoms with Crippen molar-refractivity contribution in [2.24, 2.45) is 5.73 Å². The van der Waals surface area contributed by atoms with E-state index in [0.29, 0.717) is 40.7 Å². The van der Waals surface area contributed by atoms with Crippen LogP contribution in [0.1, 0.15) is 43.0 Å². The average Bonchev–Trinajstić information content (AvgIpc) is 2.86. The molecular formula is C26H35N4O5+. The molecule has 0 amide bonds. The summed E-state index contributed by atoms with van der Waals surface area (Å²) in [5.74, 6) is 0.718. The maximum Gasteiger partial charge on any atom is 0.258 e. The minimum atomic E-state index is -0.786. The van der Waals surface area contributed by atoms with Crippen molar-refractivity contribution in [2.75, 3.05) is 41.0 Å². The second-order valence-corrected chi connectivity index (χ2v) is 8.43. The van der Waals surface area contributed by atoms with E-state index in [1.54, 1.807) is 16.7 Å². The molecule has 0 unspecified atom stereocenters. The van der Waals surface area contributed by atoms with Crippen LogP contribution in [0.2, 0.25) is 0 Å². The van der Waals surface area contributed by atoms with Crippen LogP contribution in [-0.4, -0.2) is 45.5 Å². The van der Waals surface area contributed by atoms with Crippen LogP contribution < -0.4 is 35.1 Å². The molecule has 0 spiro atoms. The normalized spacial score (nSPS) is 14.9. The van der Waals surface area contributed by atoms with Crippen LogP contribution in [0.15, 0.2) is 34.4 Å². The SMILES string of the molecule is CC[NH+](CC)CCCn1c(C)cc2c(c1=O)[C@@H](c1ccc(OC)c(OC)c1OC)C(C#N)=C(N)O2. The number of hydrogen-bond acceptors (Lipinski definition) is 7. The highest BCUT2D eigenvalue weighted by Crippen LogP contribution is 2.48. The summed E-state index contributed by atoms with van der Waals surface area (Å²) in [6.07, 6.45) is 0.852. The molecule has 3 N–H and O–H groups in total. The summed E-state index contributed by atoms with van der Waals surface area (Å²) in [6.45, 7) is 9.81. The quantitative estimate of drug-likeness (QED) is 0.529. The lowest BCUT2D eigenvalue weighted by atomic mass is 9.83. The van der Waals surface area contributed by atoms with Gasteiger partial charge in [-0.15, -0.1) is 0 Å². The fourth-order valence-electron chi connectivity index (χ4n) is 4.72. The molecule has 188 valence electrons. The Balaban J connectivity index is 2.20. The third-order valence-corrected chi connectivity index (χ3v) is 6.65. The van der Waals surface area contributed by atoms with Crippen LogP contribution in [0, 0.1) is 18.3 Å². The number of allylic oxidation sites excluding steroid dienone is 1. The van der Waals surface area contributed by atoms with Gasteiger partial charge in [0.05, 0.1) is 52.4 Å². The summed E-state index contributed by atoms with van der Waals surface area (Å²) in [5.41, 5.74) is 7.78. The Morgan fingerprint density at radius 2 is 1.83 bits per heavy atom. The lowest BCUT2D eigenvalue weighted by molar-refractivity contribution is -0.896. The van der Waals surface area contributed by atoms with Gasteiger partial charge in [-0.05, 0) is 26.8 Å². The third kappa shape index (κ3) is 4.80. The van der Waals surface area contributed by atoms with E-state index in [9.17, 15) is 10.1 Å². The van der Waals surface area contributed by atoms with Crippen molar-refractivity contribution in [1.29, 1.82) is 5.26 Å². The summed E-state index contributed by atoms with van der Waals surface area (Å²) < 4.78 is 24.2. The van der Waals surface area contributed by atoms with Crippen LogP contribution in [0.4, 0.5) is 0 Å². The first kappa shape index (κ1) is 26.0. The van der Waals surface area contributed by atoms with Crippen molar-refractivity contribution < 1.29 is 23.8 Å². The minimum Gasteiger partial charge on any atom is -0.493 e. The summed E-state index contributed by atoms with van der Waals surface area (Å²) in [4.78, 5) is 15.4. The van der Waals surface area contributed by atoms with Crippen LogP contribution in [-0.2, 0) is 6.54 Å². The number of ether oxygens (including phenoxy) is 4. The number of rotatable bonds is 10. The van der Waals surface area contributed by atoms with Gasteiger partial charge in [0.1, 0.15) is 17.4 Å². The standard InChI is InChI=1S/C26H34N4O5/c1-7-29(8-2)12-9-13-30-16(3)14-20-22(26(30)31)21(18(15-27)25(28)35-20)17-10-11-19(32-4)24(34-6)23(17)33-5/h10-11,14,21H,7-9,12-13,28H2,1-6H3/p+1/t21-/m0/s1. The summed E-state index contributed by atoms with van der Waals surface area (Å²) in [6, 6.07) is 7.43. The van der Waals surface area contributed by atoms with Crippen molar-refractivity contribution in [3.63, 3.8) is 0 Å². The molecule has 2 aromatic rings. The maximum absolute atomic E-state index is 13.9. The molecule has 9 nitrogen and oxygen atoms in total. The molecule has 0 bridgehead atoms. The van der Waals surface area contributed by atoms with Crippen molar-refractivity contribution in [3.05, 3.63) is 56.8 Å². The van der Waals surface area contributed by atoms with Crippen LogP contribution in [0.5, 0.6) is 23.0 Å². The number of pyridine rings is 1. The van der Waals surface area contributed by atoms with Gasteiger partial charge in [-0.2, -0.15) is 5.26 Å². The summed E-state index contributed by atoms with van der Waals surface area (Å²) in [5, 5.41) is 10.0. The predicted octanol–water partition coefficient (Wildman–Crippen LogP) is 1.72. The zero-order chi connectivity index (χ0) is 25.7. The second kappa shape index (κ2) is 11.2. The number of hydrogen-bond donors (Lipinski definition) is 2. The number of fused-ring (bicyclic) bond motifs is 1. The van der Waals surface area contributed by atoms with Gasteiger partial charge in [0.2, 0.25) is 11.6 Å². The van der Waals surface area contributed by atoms with E-state index < -0.39 is 5.92 Å². The number of quaternary nitrogens is 1. The van der Waals surface area contributed by atoms with Crippen molar-refractivity contribution in [3.8, 4) is 29.1 Å². The Morgan fingerprint density at radius 1 is 1.14 bits per heavy atom. The van der Waals surface area contributed by atoms with E-state index in [1.165, 1.54) is 26.2 Å². The van der Waals surface area contributed by atoms with Gasteiger partial charge in [-0.3, -0.25) is 4.79 Å². The fourth-order valence-corrected chi connectivity index (χ4v) is 4.72. The van der Waals surface area contributed by atoms with Crippen molar-refractivity contribution in [1.82, 2.24) is 4.57 Å². The second-order valence-electron chi connectivity index (χ2n) is 8.43. The molecule has 0 radical (unpaired) electrons. The lowest BCUT2D eigenvalue weighted by Gasteiger charge is -2.29. The molecular weight excluding hydrogens is 448 g/mol. The summed E-state index contributed by atoms with van der Waals surface area (Å²) >= 11 is 0. The van der Waals surface area contributed by atoms with Crippen molar-refractivity contribution >= 4 is 0 Å². The molecule has 0 saturated heterocycles. The predicted molar refractivity (Wildman–Crippen MR) is 132 cm³/mol. The van der Waals surface area contributed by atoms with Gasteiger partial charge in [0.15, 0.2) is 11.5 Å². The van der Waals surface area contributed by atoms with Crippen LogP contribution in [0.3, 0.4) is 0 Å². The number of nitrogens with two attached hydrogens (primary N) is 1. The fraction of sp³-hybridized carbons (Fsp3) is 0.462. The third-order valence-electron chi connectivity index (χ3n) is 6.65. The number of aryl methyl sites for hydroxylation is 1. The van der Waals surface area contributed by atoms with E-state index in [1.807, 2.05) is 13.0 Å². The number of nitriles is 1. The molecule has 3 rings (SSSR count). The van der Waals surface area contributed by atoms with Gasteiger partial charge in [0.25, 0.3) is 5.56 Å². The highest BCUT2D eigenvalue weighted by molar-refractivity contribution is 5.64. The highest BCUT2D eigenvalue weighted by atomic mass is 16.5. The molecule has 2 heterocycles. The highest BCUT2D eigenvalue weighted by Gasteiger charge is 2.37. The molecule has 35 heavy (non-hydrogen) atoms. The van der Waals surface area contributed by atoms with E-state index in [-0.39, 0.29) is 17.0 Å². The van der Waals surface area contributed by atoms with Gasteiger partial charge < -0.3 is 34.1 Å². The molecule has 0 aliphatic carbocycles. The van der Waals surface area contributed by atoms with E-state index in [4.69, 9.17) is 24.7 Å². The first-order chi connectivity index (χ1) is 16.9. The Hall–Kier alpha value is -3.64. The van der Waals surface area contributed by atoms with E-state index >= 15 is 0 Å². The largest absolute Gasteiger partial charge is 0.493 e. The number of nitrogens with one attached hydrogen (secondary N) is 1. The smallest absolute Gasteiger partial charge is 0.258 e. The van der Waals surface area contributed by atoms with Crippen molar-refractivity contribution in [2.45, 2.75) is 39.7 Å². The Bertz CT molecular complexity index is 1210. The molecule has 0 fully saturated rings. The number of methoxy groups -OCH3 is 3. The lowest BCUT2D eigenvalue weighted by Crippen LogP contribution is -3.11. The van der Waals surface area contributed by atoms with E-state index in [2.05, 4.69) is 19.9 Å². The average molecular weight is 484 g/mol.